The molecule has 0 aliphatic rings. The molecule has 3 aromatic rings. The molecule has 0 fully saturated rings. The molecule has 24 heavy (non-hydrogen) atoms. The molecule has 0 radical (unpaired) electrons. The first-order valence-electron chi connectivity index (χ1n) is 7.47. The van der Waals surface area contributed by atoms with Gasteiger partial charge in [-0.3, -0.25) is 9.78 Å². The van der Waals surface area contributed by atoms with E-state index >= 15 is 0 Å². The van der Waals surface area contributed by atoms with E-state index in [2.05, 4.69) is 15.6 Å². The number of rotatable bonds is 4. The SMILES string of the molecule is Cc1c(Cl)cccc1Nc1cncc(C(=O)Nc2ccccc2)c1. The third kappa shape index (κ3) is 3.73. The van der Waals surface area contributed by atoms with E-state index in [4.69, 9.17) is 11.6 Å². The molecular weight excluding hydrogens is 322 g/mol. The number of nitrogens with zero attached hydrogens (tertiary/aromatic N) is 1. The van der Waals surface area contributed by atoms with E-state index in [-0.39, 0.29) is 5.91 Å². The number of carbonyl (C=O) groups excluding carboxylic acids is 1. The summed E-state index contributed by atoms with van der Waals surface area (Å²) in [5.41, 5.74) is 3.76. The van der Waals surface area contributed by atoms with Gasteiger partial charge >= 0.3 is 0 Å². The molecule has 5 heteroatoms. The van der Waals surface area contributed by atoms with Crippen molar-refractivity contribution in [1.29, 1.82) is 0 Å². The molecule has 0 atom stereocenters. The number of nitrogens with one attached hydrogen (secondary N) is 2. The van der Waals surface area contributed by atoms with Gasteiger partial charge in [-0.1, -0.05) is 35.9 Å². The molecule has 2 N–H and O–H groups in total. The van der Waals surface area contributed by atoms with E-state index < -0.39 is 0 Å². The van der Waals surface area contributed by atoms with Gasteiger partial charge in [0.05, 0.1) is 17.4 Å². The molecule has 0 unspecified atom stereocenters. The molecule has 0 saturated heterocycles. The maximum atomic E-state index is 12.3. The lowest BCUT2D eigenvalue weighted by atomic mass is 10.2. The van der Waals surface area contributed by atoms with Crippen molar-refractivity contribution in [2.24, 2.45) is 0 Å². The first-order chi connectivity index (χ1) is 11.6. The second kappa shape index (κ2) is 7.15. The van der Waals surface area contributed by atoms with Crippen molar-refractivity contribution in [2.75, 3.05) is 10.6 Å². The van der Waals surface area contributed by atoms with E-state index in [0.29, 0.717) is 10.6 Å². The average Bonchev–Trinajstić information content (AvgIpc) is 2.60. The number of hydrogen-bond acceptors (Lipinski definition) is 3. The maximum Gasteiger partial charge on any atom is 0.257 e. The zero-order valence-corrected chi connectivity index (χ0v) is 13.8. The predicted octanol–water partition coefficient (Wildman–Crippen LogP) is 5.04. The van der Waals surface area contributed by atoms with Gasteiger partial charge in [-0.05, 0) is 42.8 Å². The van der Waals surface area contributed by atoms with Crippen LogP contribution in [0.15, 0.2) is 67.0 Å². The van der Waals surface area contributed by atoms with Crippen molar-refractivity contribution in [2.45, 2.75) is 6.92 Å². The van der Waals surface area contributed by atoms with Gasteiger partial charge in [0.15, 0.2) is 0 Å². The summed E-state index contributed by atoms with van der Waals surface area (Å²) in [7, 11) is 0. The third-order valence-corrected chi connectivity index (χ3v) is 3.99. The van der Waals surface area contributed by atoms with Gasteiger partial charge in [0.2, 0.25) is 0 Å². The summed E-state index contributed by atoms with van der Waals surface area (Å²) in [5, 5.41) is 6.77. The Kier molecular flexibility index (Phi) is 4.77. The number of hydrogen-bond donors (Lipinski definition) is 2. The van der Waals surface area contributed by atoms with E-state index in [0.717, 1.165) is 22.6 Å². The number of halogens is 1. The van der Waals surface area contributed by atoms with Crippen molar-refractivity contribution >= 4 is 34.6 Å². The summed E-state index contributed by atoms with van der Waals surface area (Å²) >= 11 is 6.13. The van der Waals surface area contributed by atoms with Crippen LogP contribution in [-0.4, -0.2) is 10.9 Å². The lowest BCUT2D eigenvalue weighted by Crippen LogP contribution is -2.12. The Labute approximate surface area is 145 Å². The molecule has 0 saturated carbocycles. The minimum absolute atomic E-state index is 0.208. The summed E-state index contributed by atoms with van der Waals surface area (Å²) in [5.74, 6) is -0.208. The van der Waals surface area contributed by atoms with Crippen LogP contribution in [0, 0.1) is 6.92 Å². The summed E-state index contributed by atoms with van der Waals surface area (Å²) in [4.78, 5) is 16.5. The smallest absolute Gasteiger partial charge is 0.257 e. The van der Waals surface area contributed by atoms with Crippen molar-refractivity contribution < 1.29 is 4.79 Å². The van der Waals surface area contributed by atoms with Gasteiger partial charge in [0.1, 0.15) is 0 Å². The summed E-state index contributed by atoms with van der Waals surface area (Å²) in [6.07, 6.45) is 3.20. The number of amides is 1. The standard InChI is InChI=1S/C19H16ClN3O/c1-13-17(20)8-5-9-18(13)22-16-10-14(11-21-12-16)19(24)23-15-6-3-2-4-7-15/h2-12,22H,1H3,(H,23,24). The minimum atomic E-state index is -0.208. The van der Waals surface area contributed by atoms with Crippen LogP contribution in [0.3, 0.4) is 0 Å². The van der Waals surface area contributed by atoms with Gasteiger partial charge < -0.3 is 10.6 Å². The second-order valence-corrected chi connectivity index (χ2v) is 5.73. The number of benzene rings is 2. The highest BCUT2D eigenvalue weighted by Gasteiger charge is 2.09. The fourth-order valence-corrected chi connectivity index (χ4v) is 2.43. The van der Waals surface area contributed by atoms with Gasteiger partial charge in [0.25, 0.3) is 5.91 Å². The molecule has 0 aliphatic carbocycles. The lowest BCUT2D eigenvalue weighted by molar-refractivity contribution is 0.102. The highest BCUT2D eigenvalue weighted by molar-refractivity contribution is 6.31. The topological polar surface area (TPSA) is 54.0 Å². The van der Waals surface area contributed by atoms with E-state index in [1.54, 1.807) is 12.3 Å². The molecule has 1 heterocycles. The molecule has 0 bridgehead atoms. The average molecular weight is 338 g/mol. The van der Waals surface area contributed by atoms with Crippen LogP contribution in [0.1, 0.15) is 15.9 Å². The first kappa shape index (κ1) is 16.0. The highest BCUT2D eigenvalue weighted by Crippen LogP contribution is 2.26. The maximum absolute atomic E-state index is 12.3. The summed E-state index contributed by atoms with van der Waals surface area (Å²) < 4.78 is 0. The normalized spacial score (nSPS) is 10.2. The summed E-state index contributed by atoms with van der Waals surface area (Å²) in [6, 6.07) is 16.7. The summed E-state index contributed by atoms with van der Waals surface area (Å²) in [6.45, 7) is 1.93. The Morgan fingerprint density at radius 1 is 1.00 bits per heavy atom. The first-order valence-corrected chi connectivity index (χ1v) is 7.85. The Morgan fingerprint density at radius 3 is 2.58 bits per heavy atom. The molecule has 4 nitrogen and oxygen atoms in total. The van der Waals surface area contributed by atoms with Gasteiger partial charge in [-0.25, -0.2) is 0 Å². The number of carbonyl (C=O) groups is 1. The van der Waals surface area contributed by atoms with Crippen LogP contribution in [0.25, 0.3) is 0 Å². The quantitative estimate of drug-likeness (QED) is 0.701. The van der Waals surface area contributed by atoms with Gasteiger partial charge in [-0.2, -0.15) is 0 Å². The fraction of sp³-hybridized carbons (Fsp3) is 0.0526. The number of aromatic nitrogens is 1. The van der Waals surface area contributed by atoms with Crippen molar-refractivity contribution in [1.82, 2.24) is 4.98 Å². The van der Waals surface area contributed by atoms with Crippen molar-refractivity contribution in [3.8, 4) is 0 Å². The van der Waals surface area contributed by atoms with Crippen molar-refractivity contribution in [3.05, 3.63) is 83.1 Å². The highest BCUT2D eigenvalue weighted by atomic mass is 35.5. The Morgan fingerprint density at radius 2 is 1.79 bits per heavy atom. The molecule has 120 valence electrons. The molecule has 1 amide bonds. The molecule has 2 aromatic carbocycles. The third-order valence-electron chi connectivity index (χ3n) is 3.58. The van der Waals surface area contributed by atoms with Crippen LogP contribution in [-0.2, 0) is 0 Å². The Balaban J connectivity index is 1.79. The van der Waals surface area contributed by atoms with E-state index in [1.807, 2.05) is 55.5 Å². The molecule has 1 aromatic heterocycles. The number of para-hydroxylation sites is 1. The Hall–Kier alpha value is -2.85. The molecule has 0 aliphatic heterocycles. The zero-order chi connectivity index (χ0) is 16.9. The predicted molar refractivity (Wildman–Crippen MR) is 98.1 cm³/mol. The van der Waals surface area contributed by atoms with Crippen LogP contribution < -0.4 is 10.6 Å². The van der Waals surface area contributed by atoms with Crippen LogP contribution in [0.4, 0.5) is 17.1 Å². The second-order valence-electron chi connectivity index (χ2n) is 5.32. The fourth-order valence-electron chi connectivity index (χ4n) is 2.26. The number of anilines is 3. The van der Waals surface area contributed by atoms with Crippen LogP contribution in [0.2, 0.25) is 5.02 Å². The van der Waals surface area contributed by atoms with Crippen molar-refractivity contribution in [3.63, 3.8) is 0 Å². The monoisotopic (exact) mass is 337 g/mol. The number of pyridine rings is 1. The van der Waals surface area contributed by atoms with Gasteiger partial charge in [-0.15, -0.1) is 0 Å². The van der Waals surface area contributed by atoms with E-state index in [1.165, 1.54) is 6.20 Å². The van der Waals surface area contributed by atoms with E-state index in [9.17, 15) is 4.79 Å². The minimum Gasteiger partial charge on any atom is -0.354 e. The van der Waals surface area contributed by atoms with Crippen LogP contribution in [0.5, 0.6) is 0 Å². The van der Waals surface area contributed by atoms with Gasteiger partial charge in [0, 0.05) is 22.6 Å². The molecule has 0 spiro atoms. The molecular formula is C19H16ClN3O. The molecule has 3 rings (SSSR count). The lowest BCUT2D eigenvalue weighted by Gasteiger charge is -2.11. The Bertz CT molecular complexity index is 865. The van der Waals surface area contributed by atoms with Crippen LogP contribution >= 0.6 is 11.6 Å². The largest absolute Gasteiger partial charge is 0.354 e. The zero-order valence-electron chi connectivity index (χ0n) is 13.1.